The molecule has 8 aromatic rings. The molecule has 0 aliphatic heterocycles. The van der Waals surface area contributed by atoms with Crippen LogP contribution in [-0.2, 0) is 5.41 Å². The SMILES string of the molecule is CC1(C)c2ccccc2-c2c(N(c3ccccc3)c3ccc4oc5cccc(C6c7ccccc7-c7ccccc76)c5c4c3)cccc21. The third-order valence-electron chi connectivity index (χ3n) is 10.8. The summed E-state index contributed by atoms with van der Waals surface area (Å²) >= 11 is 0. The molecular formula is C46H33NO. The summed E-state index contributed by atoms with van der Waals surface area (Å²) < 4.78 is 6.60. The molecule has 1 heterocycles. The Morgan fingerprint density at radius 3 is 1.90 bits per heavy atom. The van der Waals surface area contributed by atoms with Gasteiger partial charge >= 0.3 is 0 Å². The zero-order chi connectivity index (χ0) is 32.0. The van der Waals surface area contributed by atoms with E-state index in [4.69, 9.17) is 4.42 Å². The Morgan fingerprint density at radius 1 is 0.500 bits per heavy atom. The summed E-state index contributed by atoms with van der Waals surface area (Å²) in [7, 11) is 0. The van der Waals surface area contributed by atoms with Gasteiger partial charge in [0.1, 0.15) is 11.2 Å². The number of nitrogens with zero attached hydrogens (tertiary/aromatic N) is 1. The predicted molar refractivity (Wildman–Crippen MR) is 199 cm³/mol. The fraction of sp³-hybridized carbons (Fsp3) is 0.0870. The number of anilines is 3. The van der Waals surface area contributed by atoms with Crippen LogP contribution in [0, 0.1) is 0 Å². The normalized spacial score (nSPS) is 14.1. The molecule has 0 fully saturated rings. The van der Waals surface area contributed by atoms with Crippen LogP contribution >= 0.6 is 0 Å². The lowest BCUT2D eigenvalue weighted by Crippen LogP contribution is -2.16. The summed E-state index contributed by atoms with van der Waals surface area (Å²) in [6.07, 6.45) is 0. The molecular weight excluding hydrogens is 583 g/mol. The maximum atomic E-state index is 6.60. The second kappa shape index (κ2) is 10.1. The van der Waals surface area contributed by atoms with Crippen LogP contribution < -0.4 is 4.90 Å². The largest absolute Gasteiger partial charge is 0.456 e. The van der Waals surface area contributed by atoms with E-state index in [9.17, 15) is 0 Å². The van der Waals surface area contributed by atoms with Crippen molar-refractivity contribution in [2.45, 2.75) is 25.2 Å². The van der Waals surface area contributed by atoms with Crippen molar-refractivity contribution < 1.29 is 4.42 Å². The maximum Gasteiger partial charge on any atom is 0.135 e. The molecule has 2 aliphatic rings. The highest BCUT2D eigenvalue weighted by molar-refractivity contribution is 6.09. The number of hydrogen-bond donors (Lipinski definition) is 0. The van der Waals surface area contributed by atoms with Gasteiger partial charge in [0.05, 0.1) is 5.69 Å². The van der Waals surface area contributed by atoms with Crippen LogP contribution in [0.25, 0.3) is 44.2 Å². The molecule has 2 heteroatoms. The lowest BCUT2D eigenvalue weighted by molar-refractivity contribution is 0.660. The van der Waals surface area contributed by atoms with Crippen molar-refractivity contribution in [3.05, 3.63) is 186 Å². The topological polar surface area (TPSA) is 16.4 Å². The first-order valence-electron chi connectivity index (χ1n) is 16.8. The van der Waals surface area contributed by atoms with Gasteiger partial charge in [-0.3, -0.25) is 0 Å². The molecule has 0 amide bonds. The van der Waals surface area contributed by atoms with Crippen LogP contribution in [0.1, 0.15) is 47.6 Å². The molecule has 0 saturated carbocycles. The molecule has 2 aliphatic carbocycles. The van der Waals surface area contributed by atoms with Gasteiger partial charge < -0.3 is 9.32 Å². The molecule has 48 heavy (non-hydrogen) atoms. The van der Waals surface area contributed by atoms with Gasteiger partial charge in [-0.25, -0.2) is 0 Å². The third-order valence-corrected chi connectivity index (χ3v) is 10.8. The summed E-state index contributed by atoms with van der Waals surface area (Å²) in [6, 6.07) is 57.5. The lowest BCUT2D eigenvalue weighted by atomic mass is 9.82. The van der Waals surface area contributed by atoms with Crippen LogP contribution in [0.2, 0.25) is 0 Å². The first-order valence-corrected chi connectivity index (χ1v) is 16.8. The number of para-hydroxylation sites is 1. The van der Waals surface area contributed by atoms with Crippen LogP contribution in [0.3, 0.4) is 0 Å². The van der Waals surface area contributed by atoms with Gasteiger partial charge in [0.15, 0.2) is 0 Å². The molecule has 0 atom stereocenters. The van der Waals surface area contributed by atoms with Crippen LogP contribution in [-0.4, -0.2) is 0 Å². The minimum absolute atomic E-state index is 0.0855. The highest BCUT2D eigenvalue weighted by Crippen LogP contribution is 2.55. The van der Waals surface area contributed by atoms with Crippen molar-refractivity contribution in [1.29, 1.82) is 0 Å². The van der Waals surface area contributed by atoms with E-state index in [-0.39, 0.29) is 11.3 Å². The number of hydrogen-bond acceptors (Lipinski definition) is 2. The molecule has 2 nitrogen and oxygen atoms in total. The van der Waals surface area contributed by atoms with Crippen molar-refractivity contribution in [2.24, 2.45) is 0 Å². The Bertz CT molecular complexity index is 2510. The van der Waals surface area contributed by atoms with Gasteiger partial charge in [0, 0.05) is 39.0 Å². The maximum absolute atomic E-state index is 6.60. The molecule has 0 radical (unpaired) electrons. The van der Waals surface area contributed by atoms with Gasteiger partial charge in [-0.05, 0) is 87.0 Å². The van der Waals surface area contributed by atoms with Crippen molar-refractivity contribution >= 4 is 39.0 Å². The molecule has 10 rings (SSSR count). The average molecular weight is 616 g/mol. The predicted octanol–water partition coefficient (Wildman–Crippen LogP) is 12.5. The molecule has 7 aromatic carbocycles. The van der Waals surface area contributed by atoms with E-state index in [2.05, 4.69) is 176 Å². The molecule has 0 N–H and O–H groups in total. The molecule has 0 saturated heterocycles. The first-order chi connectivity index (χ1) is 23.6. The van der Waals surface area contributed by atoms with Gasteiger partial charge in [0.25, 0.3) is 0 Å². The van der Waals surface area contributed by atoms with Crippen LogP contribution in [0.15, 0.2) is 162 Å². The molecule has 0 bridgehead atoms. The standard InChI is InChI=1S/C46H33NO/c1-46(2)38-22-11-10-20-35(38)45-39(46)23-13-24-40(45)47(29-14-4-3-5-15-29)30-26-27-41-37(28-30)44-36(21-12-25-42(44)48-41)43-33-18-8-6-16-31(33)32-17-7-9-19-34(32)43/h3-28,43H,1-2H3. The zero-order valence-electron chi connectivity index (χ0n) is 26.9. The zero-order valence-corrected chi connectivity index (χ0v) is 26.9. The smallest absolute Gasteiger partial charge is 0.135 e. The molecule has 1 aromatic heterocycles. The monoisotopic (exact) mass is 615 g/mol. The minimum Gasteiger partial charge on any atom is -0.456 e. The molecule has 228 valence electrons. The highest BCUT2D eigenvalue weighted by Gasteiger charge is 2.38. The summed E-state index contributed by atoms with van der Waals surface area (Å²) in [5.74, 6) is 0.131. The van der Waals surface area contributed by atoms with E-state index >= 15 is 0 Å². The summed E-state index contributed by atoms with van der Waals surface area (Å²) in [6.45, 7) is 4.69. The molecule has 0 unspecified atom stereocenters. The summed E-state index contributed by atoms with van der Waals surface area (Å²) in [4.78, 5) is 2.43. The van der Waals surface area contributed by atoms with Crippen molar-refractivity contribution in [3.63, 3.8) is 0 Å². The second-order valence-corrected chi connectivity index (χ2v) is 13.7. The Labute approximate surface area is 280 Å². The Morgan fingerprint density at radius 2 is 1.12 bits per heavy atom. The van der Waals surface area contributed by atoms with E-state index in [0.717, 1.165) is 27.9 Å². The van der Waals surface area contributed by atoms with Gasteiger partial charge in [0.2, 0.25) is 0 Å². The Hall–Kier alpha value is -5.86. The van der Waals surface area contributed by atoms with Gasteiger partial charge in [-0.1, -0.05) is 129 Å². The van der Waals surface area contributed by atoms with E-state index in [0.29, 0.717) is 0 Å². The van der Waals surface area contributed by atoms with E-state index in [1.807, 2.05) is 0 Å². The van der Waals surface area contributed by atoms with E-state index in [1.165, 1.54) is 61.1 Å². The van der Waals surface area contributed by atoms with Crippen LogP contribution in [0.4, 0.5) is 17.1 Å². The van der Waals surface area contributed by atoms with E-state index in [1.54, 1.807) is 0 Å². The Balaban J connectivity index is 1.23. The summed E-state index contributed by atoms with van der Waals surface area (Å²) in [5.41, 5.74) is 17.1. The third kappa shape index (κ3) is 3.74. The lowest BCUT2D eigenvalue weighted by Gasteiger charge is -2.29. The van der Waals surface area contributed by atoms with E-state index < -0.39 is 0 Å². The second-order valence-electron chi connectivity index (χ2n) is 13.7. The van der Waals surface area contributed by atoms with Crippen molar-refractivity contribution in [2.75, 3.05) is 4.90 Å². The van der Waals surface area contributed by atoms with Crippen molar-refractivity contribution in [1.82, 2.24) is 0 Å². The fourth-order valence-corrected chi connectivity index (χ4v) is 8.64. The number of fused-ring (bicyclic) bond motifs is 9. The summed E-state index contributed by atoms with van der Waals surface area (Å²) in [5, 5.41) is 2.32. The average Bonchev–Trinajstić information content (AvgIpc) is 3.75. The fourth-order valence-electron chi connectivity index (χ4n) is 8.64. The van der Waals surface area contributed by atoms with Crippen LogP contribution in [0.5, 0.6) is 0 Å². The highest BCUT2D eigenvalue weighted by atomic mass is 16.3. The first kappa shape index (κ1) is 27.3. The number of benzene rings is 7. The number of furan rings is 1. The van der Waals surface area contributed by atoms with Crippen molar-refractivity contribution in [3.8, 4) is 22.3 Å². The quantitative estimate of drug-likeness (QED) is 0.196. The van der Waals surface area contributed by atoms with Gasteiger partial charge in [-0.2, -0.15) is 0 Å². The molecule has 0 spiro atoms. The van der Waals surface area contributed by atoms with Gasteiger partial charge in [-0.15, -0.1) is 0 Å². The Kier molecular flexibility index (Phi) is 5.72. The number of rotatable bonds is 4. The minimum atomic E-state index is -0.0855.